The maximum absolute atomic E-state index is 13.1. The minimum atomic E-state index is -0.0535. The van der Waals surface area contributed by atoms with Gasteiger partial charge in [-0.05, 0) is 30.7 Å². The van der Waals surface area contributed by atoms with Crippen LogP contribution in [0.1, 0.15) is 28.5 Å². The summed E-state index contributed by atoms with van der Waals surface area (Å²) in [5, 5.41) is 0.540. The van der Waals surface area contributed by atoms with Crippen LogP contribution in [0.5, 0.6) is 5.75 Å². The summed E-state index contributed by atoms with van der Waals surface area (Å²) in [4.78, 5) is 24.0. The lowest BCUT2D eigenvalue weighted by Gasteiger charge is -2.19. The van der Waals surface area contributed by atoms with Gasteiger partial charge in [0.25, 0.3) is 5.91 Å². The number of methoxy groups -OCH3 is 2. The number of pyridine rings is 1. The van der Waals surface area contributed by atoms with Gasteiger partial charge in [0.1, 0.15) is 11.6 Å². The predicted octanol–water partition coefficient (Wildman–Crippen LogP) is 3.37. The molecule has 2 aromatic heterocycles. The number of imidazole rings is 1. The number of halogens is 1. The van der Waals surface area contributed by atoms with Crippen molar-refractivity contribution in [1.82, 2.24) is 19.4 Å². The lowest BCUT2D eigenvalue weighted by molar-refractivity contribution is 0.0787. The smallest absolute Gasteiger partial charge is 0.257 e. The summed E-state index contributed by atoms with van der Waals surface area (Å²) < 4.78 is 12.8. The first-order valence-corrected chi connectivity index (χ1v) is 9.92. The molecule has 3 aromatic rings. The number of rotatable bonds is 6. The third-order valence-electron chi connectivity index (χ3n) is 5.33. The zero-order chi connectivity index (χ0) is 20.4. The fraction of sp³-hybridized carbons (Fsp3) is 0.381. The van der Waals surface area contributed by atoms with Crippen LogP contribution in [0, 0.1) is 0 Å². The van der Waals surface area contributed by atoms with Crippen LogP contribution in [0.4, 0.5) is 0 Å². The average molecular weight is 415 g/mol. The van der Waals surface area contributed by atoms with Crippen molar-refractivity contribution in [3.05, 3.63) is 53.1 Å². The molecule has 0 bridgehead atoms. The highest BCUT2D eigenvalue weighted by molar-refractivity contribution is 6.30. The predicted molar refractivity (Wildman–Crippen MR) is 111 cm³/mol. The Kier molecular flexibility index (Phi) is 5.69. The Hall–Kier alpha value is -2.64. The molecule has 0 spiro atoms. The van der Waals surface area contributed by atoms with Gasteiger partial charge in [-0.2, -0.15) is 0 Å². The van der Waals surface area contributed by atoms with Gasteiger partial charge in [-0.25, -0.2) is 4.98 Å². The van der Waals surface area contributed by atoms with Crippen molar-refractivity contribution in [2.45, 2.75) is 18.9 Å². The highest BCUT2D eigenvalue weighted by atomic mass is 35.5. The van der Waals surface area contributed by atoms with Crippen LogP contribution in [0.3, 0.4) is 0 Å². The molecule has 0 saturated carbocycles. The van der Waals surface area contributed by atoms with Gasteiger partial charge >= 0.3 is 0 Å². The van der Waals surface area contributed by atoms with Crippen molar-refractivity contribution in [2.75, 3.05) is 33.9 Å². The maximum Gasteiger partial charge on any atom is 0.257 e. The molecule has 29 heavy (non-hydrogen) atoms. The number of carbonyl (C=O) groups excluding carboxylic acids is 1. The number of aromatic nitrogens is 3. The maximum atomic E-state index is 13.1. The molecule has 1 fully saturated rings. The first kappa shape index (κ1) is 19.7. The second kappa shape index (κ2) is 8.39. The molecule has 1 aromatic carbocycles. The highest BCUT2D eigenvalue weighted by Gasteiger charge is 2.32. The van der Waals surface area contributed by atoms with Crippen LogP contribution in [-0.2, 0) is 11.3 Å². The Bertz CT molecular complexity index is 1040. The number of benzene rings is 1. The largest absolute Gasteiger partial charge is 0.496 e. The lowest BCUT2D eigenvalue weighted by atomic mass is 10.1. The summed E-state index contributed by atoms with van der Waals surface area (Å²) in [5.41, 5.74) is 2.42. The first-order valence-electron chi connectivity index (χ1n) is 9.54. The first-order chi connectivity index (χ1) is 14.1. The fourth-order valence-corrected chi connectivity index (χ4v) is 4.05. The van der Waals surface area contributed by atoms with Crippen LogP contribution in [0.2, 0.25) is 5.02 Å². The molecule has 3 heterocycles. The molecule has 8 heteroatoms. The van der Waals surface area contributed by atoms with E-state index >= 15 is 0 Å². The number of likely N-dealkylation sites (tertiary alicyclic amines) is 1. The van der Waals surface area contributed by atoms with E-state index in [2.05, 4.69) is 9.55 Å². The lowest BCUT2D eigenvalue weighted by Crippen LogP contribution is -2.29. The van der Waals surface area contributed by atoms with Gasteiger partial charge in [0.05, 0.1) is 36.5 Å². The molecular formula is C21H23ClN4O3. The third kappa shape index (κ3) is 3.80. The molecule has 1 atom stereocenters. The van der Waals surface area contributed by atoms with E-state index in [1.165, 1.54) is 0 Å². The van der Waals surface area contributed by atoms with E-state index in [1.807, 2.05) is 17.2 Å². The quantitative estimate of drug-likeness (QED) is 0.618. The molecular weight excluding hydrogens is 392 g/mol. The normalized spacial score (nSPS) is 16.5. The van der Waals surface area contributed by atoms with Crippen molar-refractivity contribution in [3.63, 3.8) is 0 Å². The number of hydrogen-bond acceptors (Lipinski definition) is 5. The van der Waals surface area contributed by atoms with Crippen molar-refractivity contribution in [2.24, 2.45) is 0 Å². The van der Waals surface area contributed by atoms with Crippen LogP contribution >= 0.6 is 11.6 Å². The standard InChI is InChI=1S/C21H23ClN4O3/c1-28-10-9-26-18-12-23-7-5-17(18)24-20(26)14-6-8-25(13-14)21(27)16-4-3-15(22)11-19(16)29-2/h3-5,7,11-12,14H,6,8-10,13H2,1-2H3/t14-/m1/s1. The Morgan fingerprint density at radius 3 is 2.97 bits per heavy atom. The number of hydrogen-bond donors (Lipinski definition) is 0. The summed E-state index contributed by atoms with van der Waals surface area (Å²) in [6, 6.07) is 7.01. The van der Waals surface area contributed by atoms with Crippen LogP contribution in [-0.4, -0.2) is 59.3 Å². The summed E-state index contributed by atoms with van der Waals surface area (Å²) in [6.07, 6.45) is 4.43. The molecule has 7 nitrogen and oxygen atoms in total. The van der Waals surface area contributed by atoms with E-state index in [-0.39, 0.29) is 11.8 Å². The molecule has 1 saturated heterocycles. The third-order valence-corrected chi connectivity index (χ3v) is 5.57. The number of carbonyl (C=O) groups is 1. The topological polar surface area (TPSA) is 69.5 Å². The Balaban J connectivity index is 1.59. The SMILES string of the molecule is COCCn1c([C@@H]2CCN(C(=O)c3ccc(Cl)cc3OC)C2)nc2ccncc21. The van der Waals surface area contributed by atoms with Gasteiger partial charge in [-0.15, -0.1) is 0 Å². The minimum Gasteiger partial charge on any atom is -0.496 e. The van der Waals surface area contributed by atoms with Crippen molar-refractivity contribution in [1.29, 1.82) is 0 Å². The van der Waals surface area contributed by atoms with E-state index in [1.54, 1.807) is 38.6 Å². The van der Waals surface area contributed by atoms with Gasteiger partial charge in [-0.3, -0.25) is 9.78 Å². The van der Waals surface area contributed by atoms with Gasteiger partial charge in [0, 0.05) is 43.9 Å². The molecule has 152 valence electrons. The monoisotopic (exact) mass is 414 g/mol. The minimum absolute atomic E-state index is 0.0535. The Morgan fingerprint density at radius 2 is 2.17 bits per heavy atom. The zero-order valence-electron chi connectivity index (χ0n) is 16.5. The van der Waals surface area contributed by atoms with Crippen LogP contribution in [0.15, 0.2) is 36.7 Å². The van der Waals surface area contributed by atoms with Gasteiger partial charge in [0.15, 0.2) is 0 Å². The van der Waals surface area contributed by atoms with Crippen LogP contribution in [0.25, 0.3) is 11.0 Å². The number of ether oxygens (including phenoxy) is 2. The average Bonchev–Trinajstić information content (AvgIpc) is 3.36. The van der Waals surface area contributed by atoms with Crippen molar-refractivity contribution >= 4 is 28.5 Å². The summed E-state index contributed by atoms with van der Waals surface area (Å²) in [7, 11) is 3.23. The van der Waals surface area contributed by atoms with E-state index in [9.17, 15) is 4.79 Å². The zero-order valence-corrected chi connectivity index (χ0v) is 17.2. The number of fused-ring (bicyclic) bond motifs is 1. The Labute approximate surface area is 174 Å². The van der Waals surface area contributed by atoms with E-state index in [4.69, 9.17) is 26.1 Å². The Morgan fingerprint density at radius 1 is 1.31 bits per heavy atom. The number of nitrogens with zero attached hydrogens (tertiary/aromatic N) is 4. The van der Waals surface area contributed by atoms with Crippen molar-refractivity contribution in [3.8, 4) is 5.75 Å². The second-order valence-corrected chi connectivity index (χ2v) is 7.50. The molecule has 0 unspecified atom stereocenters. The highest BCUT2D eigenvalue weighted by Crippen LogP contribution is 2.32. The molecule has 4 rings (SSSR count). The van der Waals surface area contributed by atoms with Gasteiger partial charge < -0.3 is 18.9 Å². The van der Waals surface area contributed by atoms with Gasteiger partial charge in [0.2, 0.25) is 0 Å². The van der Waals surface area contributed by atoms with Crippen LogP contribution < -0.4 is 4.74 Å². The van der Waals surface area contributed by atoms with Crippen molar-refractivity contribution < 1.29 is 14.3 Å². The second-order valence-electron chi connectivity index (χ2n) is 7.06. The van der Waals surface area contributed by atoms with E-state index in [0.717, 1.165) is 23.3 Å². The summed E-state index contributed by atoms with van der Waals surface area (Å²) in [6.45, 7) is 2.56. The molecule has 1 amide bonds. The van der Waals surface area contributed by atoms with Gasteiger partial charge in [-0.1, -0.05) is 11.6 Å². The van der Waals surface area contributed by atoms with E-state index in [0.29, 0.717) is 42.6 Å². The molecule has 0 radical (unpaired) electrons. The molecule has 1 aliphatic rings. The summed E-state index contributed by atoms with van der Waals surface area (Å²) >= 11 is 6.03. The summed E-state index contributed by atoms with van der Waals surface area (Å²) in [5.74, 6) is 1.57. The van der Waals surface area contributed by atoms with E-state index < -0.39 is 0 Å². The molecule has 0 N–H and O–H groups in total. The molecule has 1 aliphatic heterocycles. The number of amides is 1. The fourth-order valence-electron chi connectivity index (χ4n) is 3.89. The molecule has 0 aliphatic carbocycles.